The number of carbonyl (C=O) groups excluding carboxylic acids is 1. The molecule has 6 nitrogen and oxygen atoms in total. The standard InChI is InChI=1S/C26H34N4O2S2/c1-19-9-15-33-24(19)23(25-20(2)10-16-34-25)8-5-12-29-11-4-7-22(18-29)26(31)32-14-6-13-30-17-21(3)27-28-30/h8-10,15-17,22H,4-7,11-14,18H2,1-3H3/t22-/m0/s1. The van der Waals surface area contributed by atoms with Crippen LogP contribution >= 0.6 is 22.7 Å². The zero-order valence-electron chi connectivity index (χ0n) is 20.3. The Morgan fingerprint density at radius 3 is 2.50 bits per heavy atom. The second-order valence-corrected chi connectivity index (χ2v) is 10.9. The molecular formula is C26H34N4O2S2. The highest BCUT2D eigenvalue weighted by Crippen LogP contribution is 2.35. The summed E-state index contributed by atoms with van der Waals surface area (Å²) in [4.78, 5) is 17.8. The van der Waals surface area contributed by atoms with Gasteiger partial charge in [0.2, 0.25) is 0 Å². The molecule has 1 aliphatic heterocycles. The number of rotatable bonds is 10. The zero-order valence-corrected chi connectivity index (χ0v) is 22.0. The molecule has 0 bridgehead atoms. The third-order valence-electron chi connectivity index (χ3n) is 6.28. The SMILES string of the molecule is Cc1cn(CCCOC(=O)[C@H]2CCCN(CCC=C(c3sccc3C)c3sccc3C)C2)nn1. The number of ether oxygens (including phenoxy) is 1. The number of thiophene rings is 2. The lowest BCUT2D eigenvalue weighted by Crippen LogP contribution is -2.39. The zero-order chi connectivity index (χ0) is 23.9. The van der Waals surface area contributed by atoms with E-state index in [9.17, 15) is 4.79 Å². The van der Waals surface area contributed by atoms with Crippen LogP contribution in [0, 0.1) is 26.7 Å². The Morgan fingerprint density at radius 2 is 1.88 bits per heavy atom. The summed E-state index contributed by atoms with van der Waals surface area (Å²) < 4.78 is 7.38. The van der Waals surface area contributed by atoms with Gasteiger partial charge in [-0.25, -0.2) is 0 Å². The van der Waals surface area contributed by atoms with Gasteiger partial charge in [-0.15, -0.1) is 27.8 Å². The smallest absolute Gasteiger partial charge is 0.310 e. The summed E-state index contributed by atoms with van der Waals surface area (Å²) in [6, 6.07) is 4.40. The summed E-state index contributed by atoms with van der Waals surface area (Å²) >= 11 is 3.64. The maximum absolute atomic E-state index is 12.6. The van der Waals surface area contributed by atoms with Crippen LogP contribution < -0.4 is 0 Å². The molecule has 0 unspecified atom stereocenters. The van der Waals surface area contributed by atoms with E-state index in [0.29, 0.717) is 13.2 Å². The average Bonchev–Trinajstić information content (AvgIpc) is 3.56. The summed E-state index contributed by atoms with van der Waals surface area (Å²) in [5.41, 5.74) is 4.93. The second-order valence-electron chi connectivity index (χ2n) is 9.06. The van der Waals surface area contributed by atoms with Crippen LogP contribution in [0.3, 0.4) is 0 Å². The van der Waals surface area contributed by atoms with Crippen molar-refractivity contribution >= 4 is 34.2 Å². The number of carbonyl (C=O) groups is 1. The fourth-order valence-electron chi connectivity index (χ4n) is 4.45. The number of hydrogen-bond acceptors (Lipinski definition) is 7. The van der Waals surface area contributed by atoms with E-state index in [1.165, 1.54) is 26.5 Å². The third kappa shape index (κ3) is 6.43. The van der Waals surface area contributed by atoms with Crippen molar-refractivity contribution in [3.05, 3.63) is 61.7 Å². The van der Waals surface area contributed by atoms with Gasteiger partial charge in [0, 0.05) is 47.6 Å². The van der Waals surface area contributed by atoms with Gasteiger partial charge in [0.1, 0.15) is 0 Å². The highest BCUT2D eigenvalue weighted by molar-refractivity contribution is 7.14. The Kier molecular flexibility index (Phi) is 8.69. The van der Waals surface area contributed by atoms with Crippen molar-refractivity contribution in [3.63, 3.8) is 0 Å². The van der Waals surface area contributed by atoms with Gasteiger partial charge in [-0.05, 0) is 80.6 Å². The molecule has 0 aromatic carbocycles. The summed E-state index contributed by atoms with van der Waals surface area (Å²) in [7, 11) is 0. The van der Waals surface area contributed by atoms with Gasteiger partial charge < -0.3 is 9.64 Å². The van der Waals surface area contributed by atoms with Gasteiger partial charge in [0.15, 0.2) is 0 Å². The van der Waals surface area contributed by atoms with E-state index in [0.717, 1.165) is 51.0 Å². The molecule has 1 saturated heterocycles. The molecule has 4 rings (SSSR count). The van der Waals surface area contributed by atoms with E-state index in [2.05, 4.69) is 58.0 Å². The van der Waals surface area contributed by atoms with Gasteiger partial charge in [-0.1, -0.05) is 11.3 Å². The lowest BCUT2D eigenvalue weighted by Gasteiger charge is -2.31. The maximum atomic E-state index is 12.6. The molecule has 0 aliphatic carbocycles. The molecule has 0 N–H and O–H groups in total. The van der Waals surface area contributed by atoms with Crippen molar-refractivity contribution < 1.29 is 9.53 Å². The molecule has 4 heterocycles. The molecule has 1 aliphatic rings. The Labute approximate surface area is 210 Å². The Balaban J connectivity index is 1.27. The fraction of sp³-hybridized carbons (Fsp3) is 0.500. The first-order valence-corrected chi connectivity index (χ1v) is 13.8. The van der Waals surface area contributed by atoms with Crippen molar-refractivity contribution in [3.8, 4) is 0 Å². The Bertz CT molecular complexity index is 1070. The molecule has 0 spiro atoms. The molecule has 3 aromatic rings. The molecule has 1 fully saturated rings. The van der Waals surface area contributed by atoms with Crippen LogP contribution in [0.1, 0.15) is 52.3 Å². The van der Waals surface area contributed by atoms with E-state index in [1.54, 1.807) is 4.68 Å². The predicted octanol–water partition coefficient (Wildman–Crippen LogP) is 5.49. The Morgan fingerprint density at radius 1 is 1.15 bits per heavy atom. The highest BCUT2D eigenvalue weighted by atomic mass is 32.1. The molecule has 34 heavy (non-hydrogen) atoms. The molecule has 1 atom stereocenters. The molecule has 0 radical (unpaired) electrons. The van der Waals surface area contributed by atoms with Crippen LogP contribution in [-0.2, 0) is 16.1 Å². The maximum Gasteiger partial charge on any atom is 0.310 e. The summed E-state index contributed by atoms with van der Waals surface area (Å²) in [6.07, 6.45) is 7.99. The van der Waals surface area contributed by atoms with Gasteiger partial charge in [-0.2, -0.15) is 0 Å². The van der Waals surface area contributed by atoms with Crippen LogP contribution in [0.4, 0.5) is 0 Å². The van der Waals surface area contributed by atoms with E-state index in [1.807, 2.05) is 35.8 Å². The van der Waals surface area contributed by atoms with Gasteiger partial charge in [0.05, 0.1) is 18.2 Å². The van der Waals surface area contributed by atoms with E-state index < -0.39 is 0 Å². The number of esters is 1. The summed E-state index contributed by atoms with van der Waals surface area (Å²) in [5.74, 6) is -0.0796. The van der Waals surface area contributed by atoms with E-state index in [-0.39, 0.29) is 11.9 Å². The van der Waals surface area contributed by atoms with Crippen LogP contribution in [0.5, 0.6) is 0 Å². The van der Waals surface area contributed by atoms with Gasteiger partial charge >= 0.3 is 5.97 Å². The van der Waals surface area contributed by atoms with Crippen molar-refractivity contribution in [2.45, 2.75) is 53.0 Å². The van der Waals surface area contributed by atoms with Crippen LogP contribution in [-0.4, -0.2) is 52.1 Å². The second kappa shape index (κ2) is 11.9. The van der Waals surface area contributed by atoms with Gasteiger partial charge in [0.25, 0.3) is 0 Å². The van der Waals surface area contributed by atoms with Crippen LogP contribution in [0.2, 0.25) is 0 Å². The quantitative estimate of drug-likeness (QED) is 0.273. The monoisotopic (exact) mass is 498 g/mol. The van der Waals surface area contributed by atoms with E-state index >= 15 is 0 Å². The highest BCUT2D eigenvalue weighted by Gasteiger charge is 2.26. The molecule has 182 valence electrons. The minimum Gasteiger partial charge on any atom is -0.465 e. The average molecular weight is 499 g/mol. The van der Waals surface area contributed by atoms with E-state index in [4.69, 9.17) is 4.74 Å². The number of piperidine rings is 1. The predicted molar refractivity (Wildman–Crippen MR) is 139 cm³/mol. The fourth-order valence-corrected chi connectivity index (χ4v) is 6.46. The first-order valence-electron chi connectivity index (χ1n) is 12.1. The molecule has 0 saturated carbocycles. The third-order valence-corrected chi connectivity index (χ3v) is 8.37. The molecule has 8 heteroatoms. The van der Waals surface area contributed by atoms with Crippen molar-refractivity contribution in [2.24, 2.45) is 5.92 Å². The minimum atomic E-state index is -0.0564. The number of aromatic nitrogens is 3. The van der Waals surface area contributed by atoms with Crippen LogP contribution in [0.25, 0.3) is 5.57 Å². The normalized spacial score (nSPS) is 16.5. The first kappa shape index (κ1) is 24.8. The van der Waals surface area contributed by atoms with Crippen molar-refractivity contribution in [1.82, 2.24) is 19.9 Å². The van der Waals surface area contributed by atoms with Crippen molar-refractivity contribution in [2.75, 3.05) is 26.2 Å². The largest absolute Gasteiger partial charge is 0.465 e. The number of likely N-dealkylation sites (tertiary alicyclic amines) is 1. The lowest BCUT2D eigenvalue weighted by molar-refractivity contribution is -0.150. The summed E-state index contributed by atoms with van der Waals surface area (Å²) in [5, 5.41) is 12.4. The van der Waals surface area contributed by atoms with Crippen LogP contribution in [0.15, 0.2) is 35.2 Å². The van der Waals surface area contributed by atoms with Crippen molar-refractivity contribution in [1.29, 1.82) is 0 Å². The topological polar surface area (TPSA) is 60.2 Å². The minimum absolute atomic E-state index is 0.0232. The lowest BCUT2D eigenvalue weighted by atomic mass is 9.98. The first-order chi connectivity index (χ1) is 16.5. The molecule has 3 aromatic heterocycles. The molecular weight excluding hydrogens is 464 g/mol. The number of aryl methyl sites for hydroxylation is 4. The Hall–Kier alpha value is -2.29. The summed E-state index contributed by atoms with van der Waals surface area (Å²) in [6.45, 7) is 10.3. The number of nitrogens with zero attached hydrogens (tertiary/aromatic N) is 4. The number of hydrogen-bond donors (Lipinski definition) is 0. The molecule has 0 amide bonds. The van der Waals surface area contributed by atoms with Gasteiger partial charge in [-0.3, -0.25) is 9.48 Å².